The summed E-state index contributed by atoms with van der Waals surface area (Å²) >= 11 is 0. The fourth-order valence-corrected chi connectivity index (χ4v) is 1.42. The molecule has 82 valence electrons. The number of aromatic nitrogens is 2. The number of rotatable bonds is 2. The quantitative estimate of drug-likeness (QED) is 0.770. The van der Waals surface area contributed by atoms with E-state index in [1.807, 2.05) is 39.0 Å². The number of benzene rings is 1. The van der Waals surface area contributed by atoms with Crippen molar-refractivity contribution in [2.75, 3.05) is 0 Å². The van der Waals surface area contributed by atoms with Crippen molar-refractivity contribution < 1.29 is 4.74 Å². The molecular formula is C13H14N2O. The highest BCUT2D eigenvalue weighted by Crippen LogP contribution is 2.24. The Morgan fingerprint density at radius 3 is 2.56 bits per heavy atom. The molecule has 0 saturated heterocycles. The van der Waals surface area contributed by atoms with Crippen molar-refractivity contribution in [1.29, 1.82) is 0 Å². The van der Waals surface area contributed by atoms with E-state index >= 15 is 0 Å². The minimum atomic E-state index is 0.584. The zero-order valence-electron chi connectivity index (χ0n) is 9.69. The number of nitrogens with zero attached hydrogens (tertiary/aromatic N) is 2. The molecule has 0 radical (unpaired) electrons. The summed E-state index contributed by atoms with van der Waals surface area (Å²) in [6.45, 7) is 5.97. The van der Waals surface area contributed by atoms with Gasteiger partial charge in [-0.3, -0.25) is 0 Å². The van der Waals surface area contributed by atoms with Crippen molar-refractivity contribution in [2.24, 2.45) is 0 Å². The van der Waals surface area contributed by atoms with Crippen LogP contribution >= 0.6 is 0 Å². The number of aryl methyl sites for hydroxylation is 3. The van der Waals surface area contributed by atoms with Gasteiger partial charge in [0.15, 0.2) is 0 Å². The van der Waals surface area contributed by atoms with Crippen LogP contribution in [-0.2, 0) is 0 Å². The average molecular weight is 214 g/mol. The van der Waals surface area contributed by atoms with E-state index < -0.39 is 0 Å². The van der Waals surface area contributed by atoms with Gasteiger partial charge >= 0.3 is 0 Å². The lowest BCUT2D eigenvalue weighted by Crippen LogP contribution is -1.92. The molecule has 0 fully saturated rings. The molecule has 0 unspecified atom stereocenters. The maximum atomic E-state index is 5.72. The first-order chi connectivity index (χ1) is 7.65. The van der Waals surface area contributed by atoms with E-state index in [9.17, 15) is 0 Å². The van der Waals surface area contributed by atoms with Gasteiger partial charge in [-0.05, 0) is 38.0 Å². The molecule has 3 nitrogen and oxygen atoms in total. The van der Waals surface area contributed by atoms with Gasteiger partial charge in [0.25, 0.3) is 0 Å². The normalized spacial score (nSPS) is 10.2. The third-order valence-electron chi connectivity index (χ3n) is 2.34. The van der Waals surface area contributed by atoms with Crippen LogP contribution in [-0.4, -0.2) is 9.97 Å². The minimum Gasteiger partial charge on any atom is -0.439 e. The second-order valence-corrected chi connectivity index (χ2v) is 3.87. The summed E-state index contributed by atoms with van der Waals surface area (Å²) in [4.78, 5) is 8.10. The van der Waals surface area contributed by atoms with Crippen molar-refractivity contribution >= 4 is 0 Å². The van der Waals surface area contributed by atoms with Crippen molar-refractivity contribution in [3.8, 4) is 11.6 Å². The molecule has 0 saturated carbocycles. The van der Waals surface area contributed by atoms with Gasteiger partial charge in [-0.15, -0.1) is 0 Å². The molecule has 0 bridgehead atoms. The number of hydrogen-bond acceptors (Lipinski definition) is 3. The molecule has 1 aromatic carbocycles. The highest BCUT2D eigenvalue weighted by molar-refractivity contribution is 5.38. The Hall–Kier alpha value is -1.90. The van der Waals surface area contributed by atoms with Crippen LogP contribution < -0.4 is 4.74 Å². The predicted molar refractivity (Wildman–Crippen MR) is 62.8 cm³/mol. The standard InChI is InChI=1S/C13H14N2O/c1-9-4-5-10(2)12(6-9)16-13-7-11(3)14-8-15-13/h4-8H,1-3H3. The Balaban J connectivity index is 2.30. The van der Waals surface area contributed by atoms with Gasteiger partial charge in [-0.25, -0.2) is 9.97 Å². The molecule has 0 atom stereocenters. The third-order valence-corrected chi connectivity index (χ3v) is 2.34. The molecule has 1 heterocycles. The number of hydrogen-bond donors (Lipinski definition) is 0. The summed E-state index contributed by atoms with van der Waals surface area (Å²) in [6.07, 6.45) is 1.51. The minimum absolute atomic E-state index is 0.584. The van der Waals surface area contributed by atoms with E-state index in [1.165, 1.54) is 11.9 Å². The van der Waals surface area contributed by atoms with Crippen LogP contribution in [0.3, 0.4) is 0 Å². The zero-order valence-corrected chi connectivity index (χ0v) is 9.69. The van der Waals surface area contributed by atoms with Crippen LogP contribution in [0.2, 0.25) is 0 Å². The zero-order chi connectivity index (χ0) is 11.5. The largest absolute Gasteiger partial charge is 0.439 e. The molecule has 0 spiro atoms. The summed E-state index contributed by atoms with van der Waals surface area (Å²) in [5.41, 5.74) is 3.17. The highest BCUT2D eigenvalue weighted by Gasteiger charge is 2.03. The molecule has 2 rings (SSSR count). The molecule has 3 heteroatoms. The molecule has 0 aliphatic carbocycles. The van der Waals surface area contributed by atoms with Crippen molar-refractivity contribution in [2.45, 2.75) is 20.8 Å². The molecular weight excluding hydrogens is 200 g/mol. The van der Waals surface area contributed by atoms with Crippen molar-refractivity contribution in [3.63, 3.8) is 0 Å². The van der Waals surface area contributed by atoms with E-state index in [-0.39, 0.29) is 0 Å². The molecule has 16 heavy (non-hydrogen) atoms. The first-order valence-electron chi connectivity index (χ1n) is 5.19. The summed E-state index contributed by atoms with van der Waals surface area (Å²) in [5.74, 6) is 1.43. The summed E-state index contributed by atoms with van der Waals surface area (Å²) < 4.78 is 5.72. The molecule has 0 amide bonds. The second-order valence-electron chi connectivity index (χ2n) is 3.87. The van der Waals surface area contributed by atoms with Gasteiger partial charge in [-0.2, -0.15) is 0 Å². The fourth-order valence-electron chi connectivity index (χ4n) is 1.42. The van der Waals surface area contributed by atoms with Crippen LogP contribution in [0.1, 0.15) is 16.8 Å². The predicted octanol–water partition coefficient (Wildman–Crippen LogP) is 3.19. The molecule has 0 aliphatic heterocycles. The van der Waals surface area contributed by atoms with E-state index in [2.05, 4.69) is 16.0 Å². The van der Waals surface area contributed by atoms with Gasteiger partial charge in [-0.1, -0.05) is 12.1 Å². The lowest BCUT2D eigenvalue weighted by Gasteiger charge is -2.08. The second kappa shape index (κ2) is 4.31. The van der Waals surface area contributed by atoms with Crippen LogP contribution in [0.5, 0.6) is 11.6 Å². The van der Waals surface area contributed by atoms with E-state index in [4.69, 9.17) is 4.74 Å². The fraction of sp³-hybridized carbons (Fsp3) is 0.231. The topological polar surface area (TPSA) is 35.0 Å². The Labute approximate surface area is 95.1 Å². The van der Waals surface area contributed by atoms with Gasteiger partial charge in [0, 0.05) is 11.8 Å². The van der Waals surface area contributed by atoms with Gasteiger partial charge in [0.2, 0.25) is 5.88 Å². The van der Waals surface area contributed by atoms with Crippen molar-refractivity contribution in [3.05, 3.63) is 47.4 Å². The molecule has 0 aliphatic rings. The first-order valence-corrected chi connectivity index (χ1v) is 5.19. The lowest BCUT2D eigenvalue weighted by molar-refractivity contribution is 0.457. The molecule has 0 N–H and O–H groups in total. The number of ether oxygens (including phenoxy) is 1. The van der Waals surface area contributed by atoms with E-state index in [0.29, 0.717) is 5.88 Å². The van der Waals surface area contributed by atoms with Gasteiger partial charge in [0.1, 0.15) is 12.1 Å². The lowest BCUT2D eigenvalue weighted by atomic mass is 10.1. The van der Waals surface area contributed by atoms with Crippen LogP contribution in [0, 0.1) is 20.8 Å². The van der Waals surface area contributed by atoms with E-state index in [1.54, 1.807) is 0 Å². The Morgan fingerprint density at radius 1 is 1.00 bits per heavy atom. The van der Waals surface area contributed by atoms with Crippen LogP contribution in [0.15, 0.2) is 30.6 Å². The Kier molecular flexibility index (Phi) is 2.86. The maximum absolute atomic E-state index is 5.72. The summed E-state index contributed by atoms with van der Waals surface area (Å²) in [6, 6.07) is 7.93. The third kappa shape index (κ3) is 2.37. The monoisotopic (exact) mass is 214 g/mol. The van der Waals surface area contributed by atoms with E-state index in [0.717, 1.165) is 17.0 Å². The smallest absolute Gasteiger partial charge is 0.222 e. The van der Waals surface area contributed by atoms with Gasteiger partial charge < -0.3 is 4.74 Å². The average Bonchev–Trinajstić information content (AvgIpc) is 2.24. The summed E-state index contributed by atoms with van der Waals surface area (Å²) in [7, 11) is 0. The van der Waals surface area contributed by atoms with Crippen LogP contribution in [0.4, 0.5) is 0 Å². The SMILES string of the molecule is Cc1ccc(C)c(Oc2cc(C)ncn2)c1. The summed E-state index contributed by atoms with van der Waals surface area (Å²) in [5, 5.41) is 0. The first kappa shape index (κ1) is 10.6. The van der Waals surface area contributed by atoms with Crippen LogP contribution in [0.25, 0.3) is 0 Å². The Morgan fingerprint density at radius 2 is 1.81 bits per heavy atom. The highest BCUT2D eigenvalue weighted by atomic mass is 16.5. The molecule has 2 aromatic rings. The van der Waals surface area contributed by atoms with Gasteiger partial charge in [0.05, 0.1) is 0 Å². The van der Waals surface area contributed by atoms with Crippen molar-refractivity contribution in [1.82, 2.24) is 9.97 Å². The maximum Gasteiger partial charge on any atom is 0.222 e. The molecule has 1 aromatic heterocycles. The Bertz CT molecular complexity index is 509.